The lowest BCUT2D eigenvalue weighted by molar-refractivity contribution is -0.140. The standard InChI is InChI=1S/C16H23F3N4O2S/c1-22-6-7-25-12(9-22)8-20-15(24)23-4-2-11(3-5-23)14-21-13(10-26-14)16(17,18)19/h10-12H,2-9H2,1H3,(H,20,24). The Labute approximate surface area is 154 Å². The summed E-state index contributed by atoms with van der Waals surface area (Å²) in [5, 5.41) is 4.47. The highest BCUT2D eigenvalue weighted by atomic mass is 32.1. The van der Waals surface area contributed by atoms with Crippen LogP contribution in [0.4, 0.5) is 18.0 Å². The van der Waals surface area contributed by atoms with Gasteiger partial charge in [-0.3, -0.25) is 0 Å². The third-order valence-electron chi connectivity index (χ3n) is 4.77. The molecule has 3 heterocycles. The lowest BCUT2D eigenvalue weighted by Gasteiger charge is -2.33. The largest absolute Gasteiger partial charge is 0.434 e. The van der Waals surface area contributed by atoms with E-state index in [1.807, 2.05) is 7.05 Å². The zero-order valence-electron chi connectivity index (χ0n) is 14.6. The maximum atomic E-state index is 12.7. The molecule has 0 spiro atoms. The van der Waals surface area contributed by atoms with Gasteiger partial charge in [0.25, 0.3) is 0 Å². The Morgan fingerprint density at radius 1 is 1.38 bits per heavy atom. The summed E-state index contributed by atoms with van der Waals surface area (Å²) in [6.07, 6.45) is -3.15. The van der Waals surface area contributed by atoms with Crippen LogP contribution in [0.1, 0.15) is 29.5 Å². The number of nitrogens with zero attached hydrogens (tertiary/aromatic N) is 3. The molecule has 0 aromatic carbocycles. The van der Waals surface area contributed by atoms with E-state index in [2.05, 4.69) is 15.2 Å². The van der Waals surface area contributed by atoms with E-state index in [4.69, 9.17) is 4.74 Å². The summed E-state index contributed by atoms with van der Waals surface area (Å²) in [4.78, 5) is 19.9. The van der Waals surface area contributed by atoms with E-state index in [1.165, 1.54) is 0 Å². The molecule has 3 rings (SSSR count). The number of urea groups is 1. The van der Waals surface area contributed by atoms with Crippen LogP contribution < -0.4 is 5.32 Å². The van der Waals surface area contributed by atoms with Gasteiger partial charge in [-0.25, -0.2) is 9.78 Å². The average molecular weight is 392 g/mol. The predicted octanol–water partition coefficient (Wildman–Crippen LogP) is 2.38. The van der Waals surface area contributed by atoms with Crippen LogP contribution in [0.15, 0.2) is 5.38 Å². The molecule has 26 heavy (non-hydrogen) atoms. The highest BCUT2D eigenvalue weighted by molar-refractivity contribution is 7.09. The van der Waals surface area contributed by atoms with Crippen LogP contribution in [0.5, 0.6) is 0 Å². The molecule has 0 bridgehead atoms. The Bertz CT molecular complexity index is 617. The molecule has 0 saturated carbocycles. The minimum absolute atomic E-state index is 0.00801. The fraction of sp³-hybridized carbons (Fsp3) is 0.750. The topological polar surface area (TPSA) is 57.7 Å². The van der Waals surface area contributed by atoms with Gasteiger partial charge >= 0.3 is 12.2 Å². The van der Waals surface area contributed by atoms with Crippen molar-refractivity contribution in [1.82, 2.24) is 20.1 Å². The van der Waals surface area contributed by atoms with E-state index in [0.717, 1.165) is 29.8 Å². The molecule has 1 atom stereocenters. The summed E-state index contributed by atoms with van der Waals surface area (Å²) in [6.45, 7) is 3.84. The van der Waals surface area contributed by atoms with Crippen molar-refractivity contribution in [1.29, 1.82) is 0 Å². The number of alkyl halides is 3. The number of hydrogen-bond acceptors (Lipinski definition) is 5. The van der Waals surface area contributed by atoms with Crippen molar-refractivity contribution in [3.63, 3.8) is 0 Å². The molecule has 2 aliphatic rings. The second-order valence-electron chi connectivity index (χ2n) is 6.77. The first-order valence-electron chi connectivity index (χ1n) is 8.68. The van der Waals surface area contributed by atoms with Gasteiger partial charge in [0.1, 0.15) is 0 Å². The molecule has 2 amide bonds. The van der Waals surface area contributed by atoms with Gasteiger partial charge in [0, 0.05) is 44.0 Å². The molecule has 2 aliphatic heterocycles. The molecule has 6 nitrogen and oxygen atoms in total. The van der Waals surface area contributed by atoms with Crippen molar-refractivity contribution in [2.45, 2.75) is 31.0 Å². The number of amides is 2. The molecular formula is C16H23F3N4O2S. The third-order valence-corrected chi connectivity index (χ3v) is 5.77. The Balaban J connectivity index is 1.44. The first kappa shape index (κ1) is 19.4. The number of likely N-dealkylation sites (N-methyl/N-ethyl adjacent to an activating group) is 1. The van der Waals surface area contributed by atoms with Crippen molar-refractivity contribution < 1.29 is 22.7 Å². The molecule has 2 saturated heterocycles. The van der Waals surface area contributed by atoms with Gasteiger partial charge in [0.15, 0.2) is 5.69 Å². The number of hydrogen-bond donors (Lipinski definition) is 1. The number of likely N-dealkylation sites (tertiary alicyclic amines) is 1. The molecule has 0 aliphatic carbocycles. The summed E-state index contributed by atoms with van der Waals surface area (Å²) >= 11 is 1.05. The Morgan fingerprint density at radius 3 is 2.73 bits per heavy atom. The van der Waals surface area contributed by atoms with Crippen LogP contribution in [-0.2, 0) is 10.9 Å². The van der Waals surface area contributed by atoms with Crippen molar-refractivity contribution >= 4 is 17.4 Å². The summed E-state index contributed by atoms with van der Waals surface area (Å²) < 4.78 is 43.6. The molecule has 2 fully saturated rings. The molecule has 1 unspecified atom stereocenters. The zero-order valence-corrected chi connectivity index (χ0v) is 15.4. The molecule has 1 N–H and O–H groups in total. The summed E-state index contributed by atoms with van der Waals surface area (Å²) in [6, 6.07) is -0.143. The number of rotatable bonds is 3. The smallest absolute Gasteiger partial charge is 0.374 e. The third kappa shape index (κ3) is 4.86. The summed E-state index contributed by atoms with van der Waals surface area (Å²) in [5.41, 5.74) is -0.824. The summed E-state index contributed by atoms with van der Waals surface area (Å²) in [5.74, 6) is -0.0181. The van der Waals surface area contributed by atoms with E-state index in [1.54, 1.807) is 4.90 Å². The van der Waals surface area contributed by atoms with E-state index >= 15 is 0 Å². The van der Waals surface area contributed by atoms with Gasteiger partial charge in [-0.15, -0.1) is 11.3 Å². The molecule has 146 valence electrons. The van der Waals surface area contributed by atoms with E-state index < -0.39 is 11.9 Å². The van der Waals surface area contributed by atoms with Gasteiger partial charge < -0.3 is 19.9 Å². The highest BCUT2D eigenvalue weighted by Crippen LogP contribution is 2.35. The van der Waals surface area contributed by atoms with Gasteiger partial charge in [0.2, 0.25) is 0 Å². The maximum absolute atomic E-state index is 12.7. The Morgan fingerprint density at radius 2 is 2.12 bits per heavy atom. The Hall–Kier alpha value is -1.39. The van der Waals surface area contributed by atoms with E-state index in [9.17, 15) is 18.0 Å². The number of piperidine rings is 1. The number of nitrogens with one attached hydrogen (secondary N) is 1. The molecule has 10 heteroatoms. The number of carbonyl (C=O) groups excluding carboxylic acids is 1. The SMILES string of the molecule is CN1CCOC(CNC(=O)N2CCC(c3nc(C(F)(F)F)cs3)CC2)C1. The molecule has 1 aromatic heterocycles. The molecular weight excluding hydrogens is 369 g/mol. The van der Waals surface area contributed by atoms with Gasteiger partial charge in [-0.05, 0) is 19.9 Å². The normalized spacial score (nSPS) is 23.2. The van der Waals surface area contributed by atoms with E-state index in [-0.39, 0.29) is 18.1 Å². The maximum Gasteiger partial charge on any atom is 0.434 e. The number of ether oxygens (including phenoxy) is 1. The molecule has 1 aromatic rings. The van der Waals surface area contributed by atoms with Crippen LogP contribution in [0.25, 0.3) is 0 Å². The number of morpholine rings is 1. The van der Waals surface area contributed by atoms with Gasteiger partial charge in [-0.1, -0.05) is 0 Å². The van der Waals surface area contributed by atoms with Crippen molar-refractivity contribution in [2.24, 2.45) is 0 Å². The molecule has 0 radical (unpaired) electrons. The van der Waals surface area contributed by atoms with Crippen molar-refractivity contribution in [3.8, 4) is 0 Å². The van der Waals surface area contributed by atoms with Crippen molar-refractivity contribution in [2.75, 3.05) is 46.4 Å². The number of halogens is 3. The lowest BCUT2D eigenvalue weighted by Crippen LogP contribution is -2.50. The lowest BCUT2D eigenvalue weighted by atomic mass is 9.98. The van der Waals surface area contributed by atoms with Crippen molar-refractivity contribution in [3.05, 3.63) is 16.1 Å². The second kappa shape index (κ2) is 8.10. The Kier molecular flexibility index (Phi) is 6.03. The fourth-order valence-corrected chi connectivity index (χ4v) is 4.24. The van der Waals surface area contributed by atoms with Crippen LogP contribution >= 0.6 is 11.3 Å². The number of thiazole rings is 1. The van der Waals surface area contributed by atoms with E-state index in [0.29, 0.717) is 44.1 Å². The predicted molar refractivity (Wildman–Crippen MR) is 91.3 cm³/mol. The monoisotopic (exact) mass is 392 g/mol. The first-order chi connectivity index (χ1) is 12.3. The first-order valence-corrected chi connectivity index (χ1v) is 9.56. The minimum atomic E-state index is -4.40. The quantitative estimate of drug-likeness (QED) is 0.858. The van der Waals surface area contributed by atoms with Crippen LogP contribution in [0, 0.1) is 0 Å². The zero-order chi connectivity index (χ0) is 18.7. The van der Waals surface area contributed by atoms with Gasteiger partial charge in [-0.2, -0.15) is 13.2 Å². The van der Waals surface area contributed by atoms with Gasteiger partial charge in [0.05, 0.1) is 17.7 Å². The van der Waals surface area contributed by atoms with Crippen LogP contribution in [0.3, 0.4) is 0 Å². The average Bonchev–Trinajstić information content (AvgIpc) is 3.10. The minimum Gasteiger partial charge on any atom is -0.374 e. The highest BCUT2D eigenvalue weighted by Gasteiger charge is 2.35. The summed E-state index contributed by atoms with van der Waals surface area (Å²) in [7, 11) is 2.02. The van der Waals surface area contributed by atoms with Crippen LogP contribution in [-0.4, -0.2) is 73.3 Å². The fourth-order valence-electron chi connectivity index (χ4n) is 3.24. The number of carbonyl (C=O) groups is 1. The number of aromatic nitrogens is 1. The second-order valence-corrected chi connectivity index (χ2v) is 7.66. The van der Waals surface area contributed by atoms with Crippen LogP contribution in [0.2, 0.25) is 0 Å².